The summed E-state index contributed by atoms with van der Waals surface area (Å²) in [6.45, 7) is 4.01. The van der Waals surface area contributed by atoms with E-state index < -0.39 is 5.97 Å². The minimum atomic E-state index is -1.08. The Balaban J connectivity index is 2.27. The zero-order chi connectivity index (χ0) is 12.5. The first kappa shape index (κ1) is 13.4. The molecule has 0 fully saturated rings. The Morgan fingerprint density at radius 3 is 3.00 bits per heavy atom. The summed E-state index contributed by atoms with van der Waals surface area (Å²) >= 11 is 0. The van der Waals surface area contributed by atoms with Crippen LogP contribution in [0.4, 0.5) is 5.82 Å². The number of carboxylic acids is 1. The van der Waals surface area contributed by atoms with Gasteiger partial charge in [-0.05, 0) is 6.42 Å². The summed E-state index contributed by atoms with van der Waals surface area (Å²) < 4.78 is 5.35. The molecule has 0 aliphatic heterocycles. The molecule has 17 heavy (non-hydrogen) atoms. The van der Waals surface area contributed by atoms with E-state index in [0.717, 1.165) is 19.4 Å². The number of rotatable bonds is 8. The molecule has 2 N–H and O–H groups in total. The monoisotopic (exact) mass is 239 g/mol. The fraction of sp³-hybridized carbons (Fsp3) is 0.545. The van der Waals surface area contributed by atoms with Gasteiger partial charge in [-0.15, -0.1) is 0 Å². The van der Waals surface area contributed by atoms with Gasteiger partial charge in [0.1, 0.15) is 5.82 Å². The van der Waals surface area contributed by atoms with Crippen molar-refractivity contribution in [1.29, 1.82) is 0 Å². The summed E-state index contributed by atoms with van der Waals surface area (Å²) in [5.41, 5.74) is -0.0677. The van der Waals surface area contributed by atoms with Crippen molar-refractivity contribution in [2.45, 2.75) is 19.8 Å². The number of carboxylic acid groups (broad SMARTS) is 1. The Morgan fingerprint density at radius 1 is 1.47 bits per heavy atom. The number of nitrogens with one attached hydrogen (secondary N) is 1. The van der Waals surface area contributed by atoms with Crippen molar-refractivity contribution in [3.63, 3.8) is 0 Å². The predicted molar refractivity (Wildman–Crippen MR) is 63.2 cm³/mol. The molecule has 0 spiro atoms. The Bertz CT molecular complexity index is 358. The van der Waals surface area contributed by atoms with Crippen molar-refractivity contribution in [2.24, 2.45) is 0 Å². The van der Waals surface area contributed by atoms with Crippen LogP contribution in [0.5, 0.6) is 0 Å². The second kappa shape index (κ2) is 7.56. The highest BCUT2D eigenvalue weighted by Crippen LogP contribution is 2.01. The van der Waals surface area contributed by atoms with Crippen LogP contribution in [0, 0.1) is 0 Å². The van der Waals surface area contributed by atoms with Crippen LogP contribution in [-0.4, -0.2) is 40.8 Å². The summed E-state index contributed by atoms with van der Waals surface area (Å²) in [5, 5.41) is 11.7. The van der Waals surface area contributed by atoms with E-state index in [1.165, 1.54) is 12.4 Å². The van der Waals surface area contributed by atoms with Gasteiger partial charge in [0.2, 0.25) is 0 Å². The maximum Gasteiger partial charge on any atom is 0.356 e. The highest BCUT2D eigenvalue weighted by Gasteiger charge is 2.05. The Morgan fingerprint density at radius 2 is 2.29 bits per heavy atom. The summed E-state index contributed by atoms with van der Waals surface area (Å²) in [5.74, 6) is -0.635. The maximum absolute atomic E-state index is 10.6. The smallest absolute Gasteiger partial charge is 0.356 e. The third-order valence-electron chi connectivity index (χ3n) is 2.05. The highest BCUT2D eigenvalue weighted by molar-refractivity contribution is 5.85. The SMILES string of the molecule is CCCCOCCNc1cncc(C(=O)O)n1. The van der Waals surface area contributed by atoms with Gasteiger partial charge in [0.15, 0.2) is 5.69 Å². The molecule has 6 nitrogen and oxygen atoms in total. The van der Waals surface area contributed by atoms with E-state index in [9.17, 15) is 4.79 Å². The van der Waals surface area contributed by atoms with Crippen LogP contribution in [0.15, 0.2) is 12.4 Å². The third kappa shape index (κ3) is 5.26. The first-order valence-corrected chi connectivity index (χ1v) is 5.61. The number of aromatic nitrogens is 2. The van der Waals surface area contributed by atoms with Gasteiger partial charge in [0.25, 0.3) is 0 Å². The molecule has 0 amide bonds. The first-order valence-electron chi connectivity index (χ1n) is 5.61. The molecule has 6 heteroatoms. The van der Waals surface area contributed by atoms with E-state index in [-0.39, 0.29) is 5.69 Å². The van der Waals surface area contributed by atoms with Crippen LogP contribution in [-0.2, 0) is 4.74 Å². The topological polar surface area (TPSA) is 84.3 Å². The van der Waals surface area contributed by atoms with Crippen molar-refractivity contribution in [2.75, 3.05) is 25.1 Å². The van der Waals surface area contributed by atoms with E-state index in [1.807, 2.05) is 0 Å². The molecule has 0 radical (unpaired) electrons. The number of carbonyl (C=O) groups is 1. The Labute approximate surface area is 100 Å². The zero-order valence-corrected chi connectivity index (χ0v) is 9.85. The molecule has 0 unspecified atom stereocenters. The molecular weight excluding hydrogens is 222 g/mol. The molecule has 0 aliphatic rings. The number of hydrogen-bond donors (Lipinski definition) is 2. The molecule has 0 atom stereocenters. The maximum atomic E-state index is 10.6. The minimum Gasteiger partial charge on any atom is -0.476 e. The predicted octanol–water partition coefficient (Wildman–Crippen LogP) is 1.40. The van der Waals surface area contributed by atoms with Crippen LogP contribution < -0.4 is 5.32 Å². The summed E-state index contributed by atoms with van der Waals surface area (Å²) in [6, 6.07) is 0. The molecular formula is C11H17N3O3. The summed E-state index contributed by atoms with van der Waals surface area (Å²) in [6.07, 6.45) is 4.86. The van der Waals surface area contributed by atoms with E-state index in [0.29, 0.717) is 19.0 Å². The fourth-order valence-corrected chi connectivity index (χ4v) is 1.15. The van der Waals surface area contributed by atoms with E-state index in [2.05, 4.69) is 22.2 Å². The second-order valence-electron chi connectivity index (χ2n) is 3.49. The summed E-state index contributed by atoms with van der Waals surface area (Å²) in [7, 11) is 0. The van der Waals surface area contributed by atoms with Crippen molar-refractivity contribution in [3.8, 4) is 0 Å². The molecule has 94 valence electrons. The van der Waals surface area contributed by atoms with Crippen LogP contribution in [0.3, 0.4) is 0 Å². The van der Waals surface area contributed by atoms with E-state index in [4.69, 9.17) is 9.84 Å². The molecule has 0 bridgehead atoms. The zero-order valence-electron chi connectivity index (χ0n) is 9.85. The number of aromatic carboxylic acids is 1. The highest BCUT2D eigenvalue weighted by atomic mass is 16.5. The lowest BCUT2D eigenvalue weighted by molar-refractivity contribution is 0.0690. The molecule has 1 aromatic rings. The van der Waals surface area contributed by atoms with Gasteiger partial charge in [-0.2, -0.15) is 0 Å². The number of nitrogens with zero attached hydrogens (tertiary/aromatic N) is 2. The average Bonchev–Trinajstić information content (AvgIpc) is 2.34. The molecule has 1 aromatic heterocycles. The van der Waals surface area contributed by atoms with Gasteiger partial charge >= 0.3 is 5.97 Å². The lowest BCUT2D eigenvalue weighted by Crippen LogP contribution is -2.12. The van der Waals surface area contributed by atoms with Crippen molar-refractivity contribution >= 4 is 11.8 Å². The van der Waals surface area contributed by atoms with E-state index >= 15 is 0 Å². The average molecular weight is 239 g/mol. The lowest BCUT2D eigenvalue weighted by atomic mass is 10.4. The van der Waals surface area contributed by atoms with Gasteiger partial charge in [-0.25, -0.2) is 9.78 Å². The molecule has 1 rings (SSSR count). The van der Waals surface area contributed by atoms with Crippen molar-refractivity contribution < 1.29 is 14.6 Å². The first-order chi connectivity index (χ1) is 8.24. The number of ether oxygens (including phenoxy) is 1. The van der Waals surface area contributed by atoms with Crippen molar-refractivity contribution in [3.05, 3.63) is 18.1 Å². The van der Waals surface area contributed by atoms with Gasteiger partial charge < -0.3 is 15.2 Å². The van der Waals surface area contributed by atoms with Crippen LogP contribution in [0.2, 0.25) is 0 Å². The number of unbranched alkanes of at least 4 members (excludes halogenated alkanes) is 1. The van der Waals surface area contributed by atoms with Gasteiger partial charge in [-0.3, -0.25) is 4.98 Å². The van der Waals surface area contributed by atoms with Crippen LogP contribution >= 0.6 is 0 Å². The third-order valence-corrected chi connectivity index (χ3v) is 2.05. The molecule has 0 saturated carbocycles. The second-order valence-corrected chi connectivity index (χ2v) is 3.49. The quantitative estimate of drug-likeness (QED) is 0.667. The largest absolute Gasteiger partial charge is 0.476 e. The van der Waals surface area contributed by atoms with E-state index in [1.54, 1.807) is 0 Å². The Hall–Kier alpha value is -1.69. The Kier molecular flexibility index (Phi) is 5.95. The van der Waals surface area contributed by atoms with Crippen LogP contribution in [0.25, 0.3) is 0 Å². The normalized spacial score (nSPS) is 10.2. The van der Waals surface area contributed by atoms with Gasteiger partial charge in [0, 0.05) is 13.2 Å². The molecule has 0 aliphatic carbocycles. The molecule has 1 heterocycles. The minimum absolute atomic E-state index is 0.0677. The molecule has 0 aromatic carbocycles. The van der Waals surface area contributed by atoms with Crippen molar-refractivity contribution in [1.82, 2.24) is 9.97 Å². The van der Waals surface area contributed by atoms with Gasteiger partial charge in [0.05, 0.1) is 19.0 Å². The fourth-order valence-electron chi connectivity index (χ4n) is 1.15. The number of hydrogen-bond acceptors (Lipinski definition) is 5. The molecule has 0 saturated heterocycles. The number of anilines is 1. The van der Waals surface area contributed by atoms with Crippen LogP contribution in [0.1, 0.15) is 30.3 Å². The van der Waals surface area contributed by atoms with Gasteiger partial charge in [-0.1, -0.05) is 13.3 Å². The standard InChI is InChI=1S/C11H17N3O3/c1-2-3-5-17-6-4-13-10-8-12-7-9(14-10)11(15)16/h7-8H,2-6H2,1H3,(H,13,14)(H,15,16). The lowest BCUT2D eigenvalue weighted by Gasteiger charge is -2.06. The summed E-state index contributed by atoms with van der Waals surface area (Å²) in [4.78, 5) is 18.3.